The summed E-state index contributed by atoms with van der Waals surface area (Å²) < 4.78 is 7.16. The van der Waals surface area contributed by atoms with E-state index in [1.54, 1.807) is 9.80 Å². The highest BCUT2D eigenvalue weighted by Crippen LogP contribution is 2.20. The Labute approximate surface area is 200 Å². The van der Waals surface area contributed by atoms with Crippen LogP contribution in [0.1, 0.15) is 26.6 Å². The van der Waals surface area contributed by atoms with Crippen LogP contribution in [0.4, 0.5) is 0 Å². The number of rotatable bonds is 7. The second kappa shape index (κ2) is 10.3. The van der Waals surface area contributed by atoms with E-state index in [-0.39, 0.29) is 24.2 Å². The molecule has 1 fully saturated rings. The first-order valence-electron chi connectivity index (χ1n) is 10.5. The lowest BCUT2D eigenvalue weighted by Crippen LogP contribution is -2.51. The van der Waals surface area contributed by atoms with E-state index in [9.17, 15) is 9.59 Å². The summed E-state index contributed by atoms with van der Waals surface area (Å²) in [5.41, 5.74) is 2.23. The van der Waals surface area contributed by atoms with E-state index in [0.29, 0.717) is 37.2 Å². The summed E-state index contributed by atoms with van der Waals surface area (Å²) in [7, 11) is 0. The lowest BCUT2D eigenvalue weighted by atomic mass is 10.1. The fourth-order valence-electron chi connectivity index (χ4n) is 3.60. The summed E-state index contributed by atoms with van der Waals surface area (Å²) in [6, 6.07) is 9.67. The molecule has 11 heteroatoms. The molecule has 1 aliphatic rings. The van der Waals surface area contributed by atoms with Crippen LogP contribution in [0.15, 0.2) is 40.9 Å². The number of nitrogens with zero attached hydrogens (tertiary/aromatic N) is 5. The molecule has 0 unspecified atom stereocenters. The number of carbonyl (C=O) groups excluding carboxylic acids is 2. The van der Waals surface area contributed by atoms with Crippen molar-refractivity contribution in [1.82, 2.24) is 24.7 Å². The van der Waals surface area contributed by atoms with E-state index in [0.717, 1.165) is 21.8 Å². The van der Waals surface area contributed by atoms with Crippen molar-refractivity contribution in [1.29, 1.82) is 0 Å². The number of aryl methyl sites for hydroxylation is 2. The van der Waals surface area contributed by atoms with Crippen molar-refractivity contribution < 1.29 is 14.3 Å². The standard InChI is InChI=1S/C22H26N6O3S2/c1-15-10-16(2)12-17(11-15)31-13-19-24-25-22(28(19)23)33-14-20(29)26-5-7-27(8-6-26)21(30)18-4-3-9-32-18/h3-4,9-12H,5-8,13-14,23H2,1-2H3. The number of hydrogen-bond donors (Lipinski definition) is 1. The van der Waals surface area contributed by atoms with Crippen molar-refractivity contribution in [2.75, 3.05) is 37.8 Å². The first-order chi connectivity index (χ1) is 15.9. The number of nitrogen functional groups attached to an aromatic ring is 1. The molecule has 0 bridgehead atoms. The van der Waals surface area contributed by atoms with Crippen molar-refractivity contribution in [3.63, 3.8) is 0 Å². The van der Waals surface area contributed by atoms with Gasteiger partial charge >= 0.3 is 0 Å². The second-order valence-corrected chi connectivity index (χ2v) is 9.71. The zero-order valence-corrected chi connectivity index (χ0v) is 20.2. The minimum Gasteiger partial charge on any atom is -0.486 e. The van der Waals surface area contributed by atoms with Gasteiger partial charge in [0.2, 0.25) is 11.1 Å². The lowest BCUT2D eigenvalue weighted by molar-refractivity contribution is -0.129. The van der Waals surface area contributed by atoms with E-state index in [1.807, 2.05) is 43.5 Å². The van der Waals surface area contributed by atoms with E-state index in [1.165, 1.54) is 27.8 Å². The molecule has 33 heavy (non-hydrogen) atoms. The maximum Gasteiger partial charge on any atom is 0.264 e. The fraction of sp³-hybridized carbons (Fsp3) is 0.364. The maximum atomic E-state index is 12.6. The van der Waals surface area contributed by atoms with Gasteiger partial charge in [-0.25, -0.2) is 4.68 Å². The molecule has 0 radical (unpaired) electrons. The molecular weight excluding hydrogens is 460 g/mol. The number of nitrogens with two attached hydrogens (primary N) is 1. The van der Waals surface area contributed by atoms with Crippen LogP contribution in [0.3, 0.4) is 0 Å². The van der Waals surface area contributed by atoms with Crippen molar-refractivity contribution in [3.8, 4) is 5.75 Å². The van der Waals surface area contributed by atoms with Gasteiger partial charge in [-0.15, -0.1) is 21.5 Å². The molecule has 2 N–H and O–H groups in total. The van der Waals surface area contributed by atoms with Gasteiger partial charge in [0.1, 0.15) is 12.4 Å². The molecule has 0 spiro atoms. The van der Waals surface area contributed by atoms with Crippen molar-refractivity contribution in [2.24, 2.45) is 0 Å². The number of thiophene rings is 1. The Morgan fingerprint density at radius 1 is 1.09 bits per heavy atom. The van der Waals surface area contributed by atoms with Crippen LogP contribution in [0.25, 0.3) is 0 Å². The highest BCUT2D eigenvalue weighted by atomic mass is 32.2. The van der Waals surface area contributed by atoms with Crippen molar-refractivity contribution in [3.05, 3.63) is 57.5 Å². The van der Waals surface area contributed by atoms with Gasteiger partial charge in [0.15, 0.2) is 5.82 Å². The molecule has 2 aromatic heterocycles. The molecule has 4 rings (SSSR count). The van der Waals surface area contributed by atoms with Crippen LogP contribution in [0.2, 0.25) is 0 Å². The van der Waals surface area contributed by atoms with Gasteiger partial charge in [-0.2, -0.15) is 0 Å². The van der Waals surface area contributed by atoms with Gasteiger partial charge in [-0.3, -0.25) is 9.59 Å². The lowest BCUT2D eigenvalue weighted by Gasteiger charge is -2.34. The Hall–Kier alpha value is -3.05. The number of benzene rings is 1. The maximum absolute atomic E-state index is 12.6. The number of thioether (sulfide) groups is 1. The summed E-state index contributed by atoms with van der Waals surface area (Å²) in [5.74, 6) is 7.55. The van der Waals surface area contributed by atoms with Gasteiger partial charge < -0.3 is 20.4 Å². The number of hydrogen-bond acceptors (Lipinski definition) is 8. The average Bonchev–Trinajstić information content (AvgIpc) is 3.45. The monoisotopic (exact) mass is 486 g/mol. The summed E-state index contributed by atoms with van der Waals surface area (Å²) in [4.78, 5) is 29.4. The third kappa shape index (κ3) is 5.66. The molecule has 0 aliphatic carbocycles. The van der Waals surface area contributed by atoms with E-state index >= 15 is 0 Å². The molecule has 1 saturated heterocycles. The highest BCUT2D eigenvalue weighted by Gasteiger charge is 2.25. The Bertz CT molecular complexity index is 1100. The van der Waals surface area contributed by atoms with E-state index in [2.05, 4.69) is 16.3 Å². The molecule has 9 nitrogen and oxygen atoms in total. The van der Waals surface area contributed by atoms with E-state index in [4.69, 9.17) is 10.6 Å². The van der Waals surface area contributed by atoms with Gasteiger partial charge in [0.05, 0.1) is 10.6 Å². The molecule has 1 aromatic carbocycles. The second-order valence-electron chi connectivity index (χ2n) is 7.82. The number of piperazine rings is 1. The Kier molecular flexibility index (Phi) is 7.19. The number of carbonyl (C=O) groups is 2. The Morgan fingerprint density at radius 3 is 2.45 bits per heavy atom. The summed E-state index contributed by atoms with van der Waals surface area (Å²) in [6.07, 6.45) is 0. The molecule has 174 valence electrons. The smallest absolute Gasteiger partial charge is 0.264 e. The zero-order chi connectivity index (χ0) is 23.4. The van der Waals surface area contributed by atoms with Crippen LogP contribution in [-0.4, -0.2) is 68.4 Å². The normalized spacial score (nSPS) is 13.9. The topological polar surface area (TPSA) is 107 Å². The van der Waals surface area contributed by atoms with Crippen LogP contribution in [0.5, 0.6) is 5.75 Å². The Balaban J connectivity index is 1.25. The molecule has 3 aromatic rings. The van der Waals surface area contributed by atoms with Crippen molar-refractivity contribution in [2.45, 2.75) is 25.6 Å². The third-order valence-corrected chi connectivity index (χ3v) is 7.06. The van der Waals surface area contributed by atoms with Crippen LogP contribution < -0.4 is 10.6 Å². The van der Waals surface area contributed by atoms with Crippen molar-refractivity contribution >= 4 is 34.9 Å². The molecule has 1 aliphatic heterocycles. The minimum atomic E-state index is -0.0146. The zero-order valence-electron chi connectivity index (χ0n) is 18.6. The van der Waals surface area contributed by atoms with E-state index < -0.39 is 0 Å². The molecular formula is C22H26N6O3S2. The first-order valence-corrected chi connectivity index (χ1v) is 12.4. The van der Waals surface area contributed by atoms with Gasteiger partial charge in [0.25, 0.3) is 5.91 Å². The highest BCUT2D eigenvalue weighted by molar-refractivity contribution is 7.99. The van der Waals surface area contributed by atoms with Gasteiger partial charge in [-0.05, 0) is 48.6 Å². The third-order valence-electron chi connectivity index (χ3n) is 5.27. The molecule has 3 heterocycles. The number of ether oxygens (including phenoxy) is 1. The average molecular weight is 487 g/mol. The molecule has 0 saturated carbocycles. The predicted octanol–water partition coefficient (Wildman–Crippen LogP) is 2.33. The quantitative estimate of drug-likeness (QED) is 0.403. The Morgan fingerprint density at radius 2 is 1.79 bits per heavy atom. The van der Waals surface area contributed by atoms with Gasteiger partial charge in [0, 0.05) is 26.2 Å². The van der Waals surface area contributed by atoms with Gasteiger partial charge in [-0.1, -0.05) is 23.9 Å². The van der Waals surface area contributed by atoms with Crippen LogP contribution >= 0.6 is 23.1 Å². The first kappa shape index (κ1) is 23.1. The fourth-order valence-corrected chi connectivity index (χ4v) is 5.07. The largest absolute Gasteiger partial charge is 0.486 e. The predicted molar refractivity (Wildman–Crippen MR) is 128 cm³/mol. The number of aromatic nitrogens is 3. The minimum absolute atomic E-state index is 0.0146. The summed E-state index contributed by atoms with van der Waals surface area (Å²) in [5, 5.41) is 10.5. The molecule has 2 amide bonds. The molecule has 0 atom stereocenters. The van der Waals surface area contributed by atoms with Crippen LogP contribution in [0, 0.1) is 13.8 Å². The summed E-state index contributed by atoms with van der Waals surface area (Å²) in [6.45, 7) is 6.29. The summed E-state index contributed by atoms with van der Waals surface area (Å²) >= 11 is 2.67. The van der Waals surface area contributed by atoms with Crippen LogP contribution in [-0.2, 0) is 11.4 Å². The SMILES string of the molecule is Cc1cc(C)cc(OCc2nnc(SCC(=O)N3CCN(C(=O)c4cccs4)CC3)n2N)c1. The number of amides is 2.